The molecule has 134 valence electrons. The van der Waals surface area contributed by atoms with Crippen molar-refractivity contribution in [2.24, 2.45) is 0 Å². The summed E-state index contributed by atoms with van der Waals surface area (Å²) in [5.41, 5.74) is 0.122. The standard InChI is InChI=1S/C18H23N3O4/c1-18(8-3-9-25-18)12-19-17-20-13(10-16(22)21-17)11-24-15-6-4-14(23-2)5-7-15/h4-7,10H,3,8-9,11-12H2,1-2H3,(H2,19,20,21,22). The Morgan fingerprint density at radius 1 is 1.32 bits per heavy atom. The third-order valence-corrected chi connectivity index (χ3v) is 4.17. The molecule has 0 spiro atoms. The SMILES string of the molecule is COc1ccc(OCc2cc(=O)[nH]c(NCC3(C)CCCO3)n2)cc1. The molecule has 1 fully saturated rings. The van der Waals surface area contributed by atoms with Crippen LogP contribution >= 0.6 is 0 Å². The van der Waals surface area contributed by atoms with Crippen molar-refractivity contribution in [3.8, 4) is 11.5 Å². The first-order valence-corrected chi connectivity index (χ1v) is 8.31. The summed E-state index contributed by atoms with van der Waals surface area (Å²) in [4.78, 5) is 18.9. The summed E-state index contributed by atoms with van der Waals surface area (Å²) < 4.78 is 16.5. The van der Waals surface area contributed by atoms with Crippen LogP contribution < -0.4 is 20.3 Å². The Labute approximate surface area is 146 Å². The average molecular weight is 345 g/mol. The molecule has 7 heteroatoms. The molecule has 0 aliphatic carbocycles. The number of hydrogen-bond acceptors (Lipinski definition) is 6. The van der Waals surface area contributed by atoms with Crippen molar-refractivity contribution >= 4 is 5.95 Å². The van der Waals surface area contributed by atoms with Crippen LogP contribution in [0.1, 0.15) is 25.5 Å². The van der Waals surface area contributed by atoms with E-state index in [0.29, 0.717) is 23.9 Å². The van der Waals surface area contributed by atoms with Crippen molar-refractivity contribution in [3.63, 3.8) is 0 Å². The average Bonchev–Trinajstić information content (AvgIpc) is 3.05. The molecule has 7 nitrogen and oxygen atoms in total. The predicted molar refractivity (Wildman–Crippen MR) is 94.3 cm³/mol. The van der Waals surface area contributed by atoms with Crippen molar-refractivity contribution in [1.82, 2.24) is 9.97 Å². The zero-order chi connectivity index (χ0) is 17.7. The number of nitrogens with zero attached hydrogens (tertiary/aromatic N) is 1. The number of anilines is 1. The fourth-order valence-corrected chi connectivity index (χ4v) is 2.74. The van der Waals surface area contributed by atoms with Gasteiger partial charge in [0.05, 0.1) is 18.4 Å². The summed E-state index contributed by atoms with van der Waals surface area (Å²) in [6.07, 6.45) is 2.04. The molecule has 3 rings (SSSR count). The number of nitrogens with one attached hydrogen (secondary N) is 2. The third-order valence-electron chi connectivity index (χ3n) is 4.17. The van der Waals surface area contributed by atoms with Crippen LogP contribution in [0, 0.1) is 0 Å². The molecule has 1 saturated heterocycles. The second-order valence-corrected chi connectivity index (χ2v) is 6.31. The highest BCUT2D eigenvalue weighted by Crippen LogP contribution is 2.24. The van der Waals surface area contributed by atoms with Crippen LogP contribution in [0.3, 0.4) is 0 Å². The quantitative estimate of drug-likeness (QED) is 0.801. The Kier molecular flexibility index (Phi) is 5.23. The molecule has 0 radical (unpaired) electrons. The lowest BCUT2D eigenvalue weighted by Gasteiger charge is -2.23. The van der Waals surface area contributed by atoms with E-state index in [-0.39, 0.29) is 17.8 Å². The van der Waals surface area contributed by atoms with E-state index in [9.17, 15) is 4.79 Å². The molecule has 1 aliphatic heterocycles. The number of hydrogen-bond donors (Lipinski definition) is 2. The minimum atomic E-state index is -0.219. The Morgan fingerprint density at radius 2 is 2.08 bits per heavy atom. The Morgan fingerprint density at radius 3 is 2.76 bits per heavy atom. The van der Waals surface area contributed by atoms with Gasteiger partial charge in [-0.05, 0) is 44.0 Å². The second kappa shape index (κ2) is 7.57. The molecule has 2 heterocycles. The van der Waals surface area contributed by atoms with E-state index >= 15 is 0 Å². The van der Waals surface area contributed by atoms with Crippen LogP contribution in [0.15, 0.2) is 35.1 Å². The van der Waals surface area contributed by atoms with Crippen LogP contribution in [-0.2, 0) is 11.3 Å². The van der Waals surface area contributed by atoms with Crippen molar-refractivity contribution < 1.29 is 14.2 Å². The van der Waals surface area contributed by atoms with E-state index in [1.807, 2.05) is 24.3 Å². The van der Waals surface area contributed by atoms with Gasteiger partial charge >= 0.3 is 0 Å². The van der Waals surface area contributed by atoms with E-state index < -0.39 is 0 Å². The molecule has 2 aromatic rings. The molecule has 1 aromatic heterocycles. The molecule has 1 aliphatic rings. The normalized spacial score (nSPS) is 19.6. The zero-order valence-corrected chi connectivity index (χ0v) is 14.5. The molecule has 0 bridgehead atoms. The van der Waals surface area contributed by atoms with Gasteiger partial charge in [-0.25, -0.2) is 4.98 Å². The first-order chi connectivity index (χ1) is 12.1. The summed E-state index contributed by atoms with van der Waals surface area (Å²) >= 11 is 0. The van der Waals surface area contributed by atoms with Gasteiger partial charge in [0.15, 0.2) is 0 Å². The summed E-state index contributed by atoms with van der Waals surface area (Å²) in [7, 11) is 1.61. The van der Waals surface area contributed by atoms with Crippen molar-refractivity contribution in [3.05, 3.63) is 46.4 Å². The number of H-pyrrole nitrogens is 1. The lowest BCUT2D eigenvalue weighted by molar-refractivity contribution is 0.0314. The number of ether oxygens (including phenoxy) is 3. The van der Waals surface area contributed by atoms with E-state index in [0.717, 1.165) is 25.2 Å². The largest absolute Gasteiger partial charge is 0.497 e. The maximum absolute atomic E-state index is 11.8. The van der Waals surface area contributed by atoms with Crippen molar-refractivity contribution in [1.29, 1.82) is 0 Å². The first-order valence-electron chi connectivity index (χ1n) is 8.31. The summed E-state index contributed by atoms with van der Waals surface area (Å²) in [6, 6.07) is 8.68. The molecule has 0 saturated carbocycles. The predicted octanol–water partition coefficient (Wildman–Crippen LogP) is 2.34. The molecule has 1 atom stereocenters. The van der Waals surface area contributed by atoms with Crippen LogP contribution in [0.25, 0.3) is 0 Å². The molecule has 25 heavy (non-hydrogen) atoms. The first kappa shape index (κ1) is 17.3. The maximum atomic E-state index is 11.8. The minimum Gasteiger partial charge on any atom is -0.497 e. The minimum absolute atomic E-state index is 0.207. The molecular weight excluding hydrogens is 322 g/mol. The Hall–Kier alpha value is -2.54. The highest BCUT2D eigenvalue weighted by molar-refractivity contribution is 5.31. The number of aromatic amines is 1. The van der Waals surface area contributed by atoms with E-state index in [1.165, 1.54) is 6.07 Å². The fourth-order valence-electron chi connectivity index (χ4n) is 2.74. The number of aromatic nitrogens is 2. The lowest BCUT2D eigenvalue weighted by atomic mass is 10.0. The van der Waals surface area contributed by atoms with Gasteiger partial charge in [-0.2, -0.15) is 0 Å². The van der Waals surface area contributed by atoms with Crippen molar-refractivity contribution in [2.45, 2.75) is 32.0 Å². The number of benzene rings is 1. The van der Waals surface area contributed by atoms with E-state index in [1.54, 1.807) is 7.11 Å². The van der Waals surface area contributed by atoms with Gasteiger partial charge in [0, 0.05) is 19.2 Å². The number of methoxy groups -OCH3 is 1. The van der Waals surface area contributed by atoms with Gasteiger partial charge in [-0.15, -0.1) is 0 Å². The monoisotopic (exact) mass is 345 g/mol. The maximum Gasteiger partial charge on any atom is 0.252 e. The Bertz CT molecular complexity index is 752. The highest BCUT2D eigenvalue weighted by atomic mass is 16.5. The van der Waals surface area contributed by atoms with Gasteiger partial charge in [0.25, 0.3) is 5.56 Å². The molecular formula is C18H23N3O4. The molecule has 2 N–H and O–H groups in total. The zero-order valence-electron chi connectivity index (χ0n) is 14.5. The topological polar surface area (TPSA) is 85.5 Å². The second-order valence-electron chi connectivity index (χ2n) is 6.31. The van der Waals surface area contributed by atoms with Gasteiger partial charge in [-0.1, -0.05) is 0 Å². The van der Waals surface area contributed by atoms with E-state index in [4.69, 9.17) is 14.2 Å². The highest BCUT2D eigenvalue weighted by Gasteiger charge is 2.29. The fraction of sp³-hybridized carbons (Fsp3) is 0.444. The summed E-state index contributed by atoms with van der Waals surface area (Å²) in [5, 5.41) is 3.16. The van der Waals surface area contributed by atoms with Gasteiger partial charge in [-0.3, -0.25) is 9.78 Å². The lowest BCUT2D eigenvalue weighted by Crippen LogP contribution is -2.33. The van der Waals surface area contributed by atoms with Crippen LogP contribution in [-0.4, -0.2) is 35.8 Å². The smallest absolute Gasteiger partial charge is 0.252 e. The van der Waals surface area contributed by atoms with Gasteiger partial charge in [0.1, 0.15) is 18.1 Å². The number of rotatable bonds is 7. The molecule has 1 unspecified atom stereocenters. The van der Waals surface area contributed by atoms with Gasteiger partial charge in [0.2, 0.25) is 5.95 Å². The molecule has 1 aromatic carbocycles. The third kappa shape index (κ3) is 4.73. The van der Waals surface area contributed by atoms with Gasteiger partial charge < -0.3 is 19.5 Å². The van der Waals surface area contributed by atoms with Crippen LogP contribution in [0.4, 0.5) is 5.95 Å². The van der Waals surface area contributed by atoms with Crippen molar-refractivity contribution in [2.75, 3.05) is 25.6 Å². The van der Waals surface area contributed by atoms with Crippen LogP contribution in [0.5, 0.6) is 11.5 Å². The summed E-state index contributed by atoms with van der Waals surface area (Å²) in [6.45, 7) is 3.64. The van der Waals surface area contributed by atoms with Crippen LogP contribution in [0.2, 0.25) is 0 Å². The van der Waals surface area contributed by atoms with E-state index in [2.05, 4.69) is 22.2 Å². The molecule has 0 amide bonds. The summed E-state index contributed by atoms with van der Waals surface area (Å²) in [5.74, 6) is 1.87. The Balaban J connectivity index is 1.61.